The van der Waals surface area contributed by atoms with Crippen molar-refractivity contribution in [3.63, 3.8) is 0 Å². The molecule has 4 aromatic rings. The number of halogens is 2. The average molecular weight is 385 g/mol. The number of nitrogens with one attached hydrogen (secondary N) is 2. The first-order valence-electron chi connectivity index (χ1n) is 7.87. The van der Waals surface area contributed by atoms with E-state index in [2.05, 4.69) is 15.2 Å². The van der Waals surface area contributed by atoms with E-state index in [1.807, 2.05) is 0 Å². The van der Waals surface area contributed by atoms with Crippen LogP contribution in [0.25, 0.3) is 21.5 Å². The number of benzene rings is 1. The van der Waals surface area contributed by atoms with E-state index in [9.17, 15) is 8.78 Å². The zero-order valence-electron chi connectivity index (χ0n) is 14.1. The van der Waals surface area contributed by atoms with Crippen LogP contribution in [0.2, 0.25) is 0 Å². The number of rotatable bonds is 3. The van der Waals surface area contributed by atoms with Crippen molar-refractivity contribution in [2.75, 3.05) is 0 Å². The number of hydrogen-bond donors (Lipinski definition) is 2. The third kappa shape index (κ3) is 3.04. The van der Waals surface area contributed by atoms with Crippen LogP contribution >= 0.6 is 11.3 Å². The smallest absolute Gasteiger partial charge is 0.206 e. The van der Waals surface area contributed by atoms with Crippen LogP contribution in [-0.4, -0.2) is 30.4 Å². The van der Waals surface area contributed by atoms with Gasteiger partial charge in [0.15, 0.2) is 5.01 Å². The maximum Gasteiger partial charge on any atom is 0.206 e. The molecule has 7 nitrogen and oxygen atoms in total. The van der Waals surface area contributed by atoms with Gasteiger partial charge in [0.25, 0.3) is 0 Å². The number of aryl methyl sites for hydroxylation is 1. The van der Waals surface area contributed by atoms with E-state index in [0.717, 1.165) is 22.1 Å². The third-order valence-corrected chi connectivity index (χ3v) is 4.90. The summed E-state index contributed by atoms with van der Waals surface area (Å²) in [6.45, 7) is 0. The molecule has 136 valence electrons. The standard InChI is InChI=1S/C17H13F2N7S/c1-25-8-9(7-23-25)16-24-26(17(21)27-16)14(20)5-11-12(18)6-13-10(15(11)19)3-2-4-22-13/h2-4,6-8,20-21H,5H2,1H3. The van der Waals surface area contributed by atoms with Crippen LogP contribution in [0.4, 0.5) is 8.78 Å². The molecule has 0 spiro atoms. The number of aromatic nitrogens is 5. The summed E-state index contributed by atoms with van der Waals surface area (Å²) < 4.78 is 31.8. The van der Waals surface area contributed by atoms with Gasteiger partial charge in [-0.05, 0) is 12.1 Å². The largest absolute Gasteiger partial charge is 0.286 e. The molecule has 10 heteroatoms. The first-order valence-corrected chi connectivity index (χ1v) is 8.69. The van der Waals surface area contributed by atoms with Crippen LogP contribution in [0.3, 0.4) is 0 Å². The fourth-order valence-corrected chi connectivity index (χ4v) is 3.49. The molecule has 3 heterocycles. The lowest BCUT2D eigenvalue weighted by Crippen LogP contribution is -2.26. The van der Waals surface area contributed by atoms with Gasteiger partial charge in [-0.25, -0.2) is 8.78 Å². The minimum absolute atomic E-state index is 0.0119. The molecule has 0 bridgehead atoms. The minimum Gasteiger partial charge on any atom is -0.286 e. The van der Waals surface area contributed by atoms with Crippen LogP contribution < -0.4 is 4.80 Å². The number of hydrogen-bond acceptors (Lipinski definition) is 6. The molecule has 0 saturated carbocycles. The summed E-state index contributed by atoms with van der Waals surface area (Å²) in [6, 6.07) is 4.22. The summed E-state index contributed by atoms with van der Waals surface area (Å²) in [6.07, 6.45) is 4.46. The van der Waals surface area contributed by atoms with Crippen LogP contribution in [-0.2, 0) is 13.5 Å². The lowest BCUT2D eigenvalue weighted by atomic mass is 10.1. The highest BCUT2D eigenvalue weighted by Gasteiger charge is 2.18. The van der Waals surface area contributed by atoms with E-state index in [1.165, 1.54) is 12.3 Å². The highest BCUT2D eigenvalue weighted by atomic mass is 32.1. The molecule has 4 rings (SSSR count). The van der Waals surface area contributed by atoms with Crippen molar-refractivity contribution in [1.29, 1.82) is 10.8 Å². The Bertz CT molecular complexity index is 1240. The first-order chi connectivity index (χ1) is 12.9. The van der Waals surface area contributed by atoms with Gasteiger partial charge in [-0.2, -0.15) is 14.9 Å². The Labute approximate surface area is 155 Å². The lowest BCUT2D eigenvalue weighted by molar-refractivity contribution is 0.571. The molecule has 0 aliphatic rings. The summed E-state index contributed by atoms with van der Waals surface area (Å²) >= 11 is 1.06. The van der Waals surface area contributed by atoms with Crippen molar-refractivity contribution in [2.45, 2.75) is 6.42 Å². The molecule has 0 amide bonds. The van der Waals surface area contributed by atoms with Gasteiger partial charge >= 0.3 is 0 Å². The van der Waals surface area contributed by atoms with Crippen molar-refractivity contribution >= 4 is 28.1 Å². The third-order valence-electron chi connectivity index (χ3n) is 4.02. The molecule has 2 N–H and O–H groups in total. The Morgan fingerprint density at radius 2 is 2.15 bits per heavy atom. The van der Waals surface area contributed by atoms with E-state index >= 15 is 0 Å². The zero-order chi connectivity index (χ0) is 19.1. The van der Waals surface area contributed by atoms with E-state index < -0.39 is 11.6 Å². The maximum absolute atomic E-state index is 14.7. The predicted octanol–water partition coefficient (Wildman–Crippen LogP) is 2.72. The molecule has 0 unspecified atom stereocenters. The molecule has 0 aliphatic heterocycles. The molecule has 0 radical (unpaired) electrons. The van der Waals surface area contributed by atoms with Gasteiger partial charge < -0.3 is 0 Å². The van der Waals surface area contributed by atoms with Gasteiger partial charge in [-0.3, -0.25) is 20.5 Å². The second kappa shape index (κ2) is 6.47. The SMILES string of the molecule is Cn1cc(-c2nn(C(=N)Cc3c(F)cc4ncccc4c3F)c(=N)s2)cn1. The number of nitrogens with zero attached hydrogens (tertiary/aromatic N) is 5. The Kier molecular flexibility index (Phi) is 4.11. The highest BCUT2D eigenvalue weighted by molar-refractivity contribution is 7.12. The van der Waals surface area contributed by atoms with Gasteiger partial charge in [-0.15, -0.1) is 0 Å². The van der Waals surface area contributed by atoms with E-state index in [1.54, 1.807) is 30.2 Å². The minimum atomic E-state index is -0.779. The summed E-state index contributed by atoms with van der Waals surface area (Å²) in [5, 5.41) is 25.2. The zero-order valence-corrected chi connectivity index (χ0v) is 14.9. The molecule has 1 aromatic carbocycles. The molecule has 0 aliphatic carbocycles. The van der Waals surface area contributed by atoms with Crippen LogP contribution in [0.1, 0.15) is 5.56 Å². The van der Waals surface area contributed by atoms with Gasteiger partial charge in [-0.1, -0.05) is 11.3 Å². The van der Waals surface area contributed by atoms with E-state index in [0.29, 0.717) is 10.6 Å². The van der Waals surface area contributed by atoms with Crippen molar-refractivity contribution in [3.8, 4) is 10.6 Å². The molecule has 0 saturated heterocycles. The van der Waals surface area contributed by atoms with Crippen molar-refractivity contribution in [3.05, 3.63) is 58.8 Å². The maximum atomic E-state index is 14.7. The molecular formula is C17H13F2N7S. The fourth-order valence-electron chi connectivity index (χ4n) is 2.72. The Hall–Kier alpha value is -3.27. The number of pyridine rings is 1. The first kappa shape index (κ1) is 17.2. The molecular weight excluding hydrogens is 372 g/mol. The molecule has 0 atom stereocenters. The van der Waals surface area contributed by atoms with E-state index in [4.69, 9.17) is 10.8 Å². The monoisotopic (exact) mass is 385 g/mol. The quantitative estimate of drug-likeness (QED) is 0.419. The highest BCUT2D eigenvalue weighted by Crippen LogP contribution is 2.23. The summed E-state index contributed by atoms with van der Waals surface area (Å²) in [7, 11) is 1.76. The topological polar surface area (TPSA) is 96.2 Å². The van der Waals surface area contributed by atoms with Crippen molar-refractivity contribution in [1.82, 2.24) is 24.5 Å². The van der Waals surface area contributed by atoms with Gasteiger partial charge in [0, 0.05) is 42.9 Å². The predicted molar refractivity (Wildman–Crippen MR) is 96.6 cm³/mol. The summed E-state index contributed by atoms with van der Waals surface area (Å²) in [5.74, 6) is -1.73. The second-order valence-electron chi connectivity index (χ2n) is 5.87. The van der Waals surface area contributed by atoms with Crippen LogP contribution in [0.5, 0.6) is 0 Å². The molecule has 0 fully saturated rings. The summed E-state index contributed by atoms with van der Waals surface area (Å²) in [4.78, 5) is 3.93. The van der Waals surface area contributed by atoms with E-state index in [-0.39, 0.29) is 33.5 Å². The Morgan fingerprint density at radius 3 is 2.89 bits per heavy atom. The second-order valence-corrected chi connectivity index (χ2v) is 6.85. The van der Waals surface area contributed by atoms with Crippen molar-refractivity contribution < 1.29 is 8.78 Å². The number of fused-ring (bicyclic) bond motifs is 1. The van der Waals surface area contributed by atoms with Crippen molar-refractivity contribution in [2.24, 2.45) is 7.05 Å². The van der Waals surface area contributed by atoms with Gasteiger partial charge in [0.05, 0.1) is 17.3 Å². The Morgan fingerprint density at radius 1 is 1.33 bits per heavy atom. The van der Waals surface area contributed by atoms with Gasteiger partial charge in [0.1, 0.15) is 17.5 Å². The normalized spacial score (nSPS) is 11.2. The fraction of sp³-hybridized carbons (Fsp3) is 0.118. The van der Waals surface area contributed by atoms with Crippen LogP contribution in [0, 0.1) is 22.5 Å². The molecule has 27 heavy (non-hydrogen) atoms. The van der Waals surface area contributed by atoms with Crippen LogP contribution in [0.15, 0.2) is 36.8 Å². The molecule has 3 aromatic heterocycles. The summed E-state index contributed by atoms with van der Waals surface area (Å²) in [5.41, 5.74) is 0.671. The Balaban J connectivity index is 1.70. The van der Waals surface area contributed by atoms with Gasteiger partial charge in [0.2, 0.25) is 4.80 Å². The average Bonchev–Trinajstić information content (AvgIpc) is 3.24. The lowest BCUT2D eigenvalue weighted by Gasteiger charge is -2.09.